The predicted molar refractivity (Wildman–Crippen MR) is 109 cm³/mol. The molecule has 0 saturated heterocycles. The summed E-state index contributed by atoms with van der Waals surface area (Å²) < 4.78 is 38.5. The third-order valence-corrected chi connectivity index (χ3v) is 5.58. The topological polar surface area (TPSA) is 52.7 Å². The molecule has 0 radical (unpaired) electrons. The van der Waals surface area contributed by atoms with Gasteiger partial charge in [-0.15, -0.1) is 0 Å². The van der Waals surface area contributed by atoms with Crippen LogP contribution in [0.4, 0.5) is 13.2 Å². The number of para-hydroxylation sites is 1. The van der Waals surface area contributed by atoms with Crippen LogP contribution in [0, 0.1) is 0 Å². The summed E-state index contributed by atoms with van der Waals surface area (Å²) in [6.07, 6.45) is 0.563. The van der Waals surface area contributed by atoms with Crippen LogP contribution in [-0.4, -0.2) is 34.9 Å². The van der Waals surface area contributed by atoms with Gasteiger partial charge in [0.1, 0.15) is 0 Å². The van der Waals surface area contributed by atoms with Gasteiger partial charge in [-0.05, 0) is 35.7 Å². The van der Waals surface area contributed by atoms with Crippen molar-refractivity contribution in [3.05, 3.63) is 71.4 Å². The second-order valence-corrected chi connectivity index (χ2v) is 7.90. The monoisotopic (exact) mass is 416 g/mol. The third kappa shape index (κ3) is 5.02. The number of aromatic amines is 1. The summed E-state index contributed by atoms with van der Waals surface area (Å²) in [5.74, 6) is 0.0154. The van der Waals surface area contributed by atoms with Gasteiger partial charge in [0.2, 0.25) is 0 Å². The number of benzene rings is 2. The maximum absolute atomic E-state index is 12.8. The van der Waals surface area contributed by atoms with Crippen molar-refractivity contribution in [2.45, 2.75) is 38.0 Å². The Morgan fingerprint density at radius 2 is 1.83 bits per heavy atom. The van der Waals surface area contributed by atoms with E-state index in [2.05, 4.69) is 10.3 Å². The molecule has 158 valence electrons. The van der Waals surface area contributed by atoms with Gasteiger partial charge in [-0.2, -0.15) is 13.2 Å². The van der Waals surface area contributed by atoms with E-state index in [1.165, 1.54) is 12.1 Å². The molecule has 4 nitrogen and oxygen atoms in total. The molecular formula is C23H25F3N3O+. The van der Waals surface area contributed by atoms with Gasteiger partial charge in [0.05, 0.1) is 11.6 Å². The zero-order valence-electron chi connectivity index (χ0n) is 16.6. The molecule has 1 aromatic heterocycles. The van der Waals surface area contributed by atoms with Gasteiger partial charge in [0.25, 0.3) is 5.91 Å². The van der Waals surface area contributed by atoms with Crippen molar-refractivity contribution in [2.24, 2.45) is 0 Å². The second-order valence-electron chi connectivity index (χ2n) is 7.90. The van der Waals surface area contributed by atoms with Crippen LogP contribution in [0.3, 0.4) is 0 Å². The highest BCUT2D eigenvalue weighted by molar-refractivity contribution is 5.83. The molecule has 3 N–H and O–H groups in total. The van der Waals surface area contributed by atoms with Crippen molar-refractivity contribution in [1.29, 1.82) is 0 Å². The number of nitrogens with zero attached hydrogens (tertiary/aromatic N) is 1. The first-order valence-corrected chi connectivity index (χ1v) is 10.2. The number of nitrogens with one attached hydrogen (secondary N) is 1. The normalized spacial score (nSPS) is 14.2. The van der Waals surface area contributed by atoms with E-state index >= 15 is 0 Å². The number of alkyl halides is 3. The van der Waals surface area contributed by atoms with E-state index in [9.17, 15) is 18.0 Å². The van der Waals surface area contributed by atoms with E-state index in [1.54, 1.807) is 4.90 Å². The van der Waals surface area contributed by atoms with Crippen LogP contribution >= 0.6 is 0 Å². The average molecular weight is 416 g/mol. The van der Waals surface area contributed by atoms with Gasteiger partial charge < -0.3 is 15.2 Å². The van der Waals surface area contributed by atoms with Gasteiger partial charge in [-0.3, -0.25) is 4.79 Å². The summed E-state index contributed by atoms with van der Waals surface area (Å²) in [4.78, 5) is 17.8. The van der Waals surface area contributed by atoms with Crippen LogP contribution in [0.5, 0.6) is 0 Å². The summed E-state index contributed by atoms with van der Waals surface area (Å²) in [7, 11) is 0. The molecule has 3 aromatic rings. The van der Waals surface area contributed by atoms with E-state index in [4.69, 9.17) is 0 Å². The fourth-order valence-electron chi connectivity index (χ4n) is 3.63. The fourth-order valence-corrected chi connectivity index (χ4v) is 3.63. The predicted octanol–water partition coefficient (Wildman–Crippen LogP) is 3.48. The van der Waals surface area contributed by atoms with Crippen molar-refractivity contribution >= 4 is 16.8 Å². The number of hydrogen-bond donors (Lipinski definition) is 2. The summed E-state index contributed by atoms with van der Waals surface area (Å²) in [6.45, 7) is 1.19. The lowest BCUT2D eigenvalue weighted by molar-refractivity contribution is -0.658. The molecule has 0 unspecified atom stereocenters. The number of H-pyrrole nitrogens is 1. The van der Waals surface area contributed by atoms with Crippen LogP contribution in [0.1, 0.15) is 29.5 Å². The number of fused-ring (bicyclic) bond motifs is 1. The van der Waals surface area contributed by atoms with Gasteiger partial charge in [-0.25, -0.2) is 0 Å². The van der Waals surface area contributed by atoms with Gasteiger partial charge in [0.15, 0.2) is 6.54 Å². The number of halogens is 3. The molecule has 1 aliphatic carbocycles. The lowest BCUT2D eigenvalue weighted by atomic mass is 10.1. The molecule has 1 saturated carbocycles. The molecule has 1 fully saturated rings. The number of aromatic nitrogens is 1. The number of amides is 1. The molecule has 1 heterocycles. The molecule has 0 bridgehead atoms. The summed E-state index contributed by atoms with van der Waals surface area (Å²) in [5, 5.41) is 3.19. The van der Waals surface area contributed by atoms with Crippen LogP contribution in [0.25, 0.3) is 10.9 Å². The maximum Gasteiger partial charge on any atom is 0.416 e. The highest BCUT2D eigenvalue weighted by atomic mass is 19.4. The minimum atomic E-state index is -4.36. The molecule has 4 rings (SSSR count). The Hall–Kier alpha value is -2.80. The number of carbonyl (C=O) groups is 1. The molecule has 7 heteroatoms. The lowest BCUT2D eigenvalue weighted by Crippen LogP contribution is -2.88. The Morgan fingerprint density at radius 1 is 1.10 bits per heavy atom. The molecule has 1 amide bonds. The molecule has 1 aliphatic rings. The maximum atomic E-state index is 12.8. The summed E-state index contributed by atoms with van der Waals surface area (Å²) >= 11 is 0. The zero-order valence-corrected chi connectivity index (χ0v) is 16.6. The van der Waals surface area contributed by atoms with E-state index in [-0.39, 0.29) is 5.91 Å². The Kier molecular flexibility index (Phi) is 5.81. The SMILES string of the molecule is O=C(C[NH2+]C1CC1)N(CCc1c[nH]c2ccccc12)Cc1ccc(C(F)(F)F)cc1. The second kappa shape index (κ2) is 8.52. The van der Waals surface area contributed by atoms with Crippen molar-refractivity contribution in [1.82, 2.24) is 9.88 Å². The van der Waals surface area contributed by atoms with Gasteiger partial charge in [-0.1, -0.05) is 30.3 Å². The highest BCUT2D eigenvalue weighted by Crippen LogP contribution is 2.29. The first-order valence-electron chi connectivity index (χ1n) is 10.2. The molecule has 0 aliphatic heterocycles. The van der Waals surface area contributed by atoms with Gasteiger partial charge in [0, 0.05) is 43.0 Å². The van der Waals surface area contributed by atoms with Crippen molar-refractivity contribution in [2.75, 3.05) is 13.1 Å². The number of quaternary nitrogens is 1. The third-order valence-electron chi connectivity index (χ3n) is 5.58. The number of nitrogens with two attached hydrogens (primary N) is 1. The van der Waals surface area contributed by atoms with Crippen molar-refractivity contribution in [3.63, 3.8) is 0 Å². The van der Waals surface area contributed by atoms with Crippen LogP contribution < -0.4 is 5.32 Å². The van der Waals surface area contributed by atoms with Crippen LogP contribution in [0.15, 0.2) is 54.7 Å². The molecule has 2 aromatic carbocycles. The first kappa shape index (κ1) is 20.5. The fraction of sp³-hybridized carbons (Fsp3) is 0.348. The minimum absolute atomic E-state index is 0.0154. The van der Waals surface area contributed by atoms with E-state index < -0.39 is 11.7 Å². The van der Waals surface area contributed by atoms with Gasteiger partial charge >= 0.3 is 6.18 Å². The summed E-state index contributed by atoms with van der Waals surface area (Å²) in [6, 6.07) is 13.6. The van der Waals surface area contributed by atoms with E-state index in [0.29, 0.717) is 37.7 Å². The quantitative estimate of drug-likeness (QED) is 0.580. The average Bonchev–Trinajstić information content (AvgIpc) is 3.47. The highest BCUT2D eigenvalue weighted by Gasteiger charge is 2.30. The van der Waals surface area contributed by atoms with Crippen molar-refractivity contribution < 1.29 is 23.3 Å². The Balaban J connectivity index is 1.46. The molecule has 0 atom stereocenters. The number of carbonyl (C=O) groups excluding carboxylic acids is 1. The number of rotatable bonds is 8. The van der Waals surface area contributed by atoms with Crippen LogP contribution in [0.2, 0.25) is 0 Å². The Morgan fingerprint density at radius 3 is 2.53 bits per heavy atom. The molecule has 30 heavy (non-hydrogen) atoms. The standard InChI is InChI=1S/C23H24F3N3O/c24-23(25,26)18-7-5-16(6-8-18)15-29(22(30)14-27-19-9-10-19)12-11-17-13-28-21-4-2-1-3-20(17)21/h1-8,13,19,27-28H,9-12,14-15H2/p+1. The van der Waals surface area contributed by atoms with Crippen LogP contribution in [-0.2, 0) is 23.9 Å². The molecular weight excluding hydrogens is 391 g/mol. The zero-order chi connectivity index (χ0) is 21.1. The Labute approximate surface area is 173 Å². The Bertz CT molecular complexity index is 1010. The largest absolute Gasteiger partial charge is 0.416 e. The number of hydrogen-bond acceptors (Lipinski definition) is 1. The summed E-state index contributed by atoms with van der Waals surface area (Å²) in [5.41, 5.74) is 2.20. The smallest absolute Gasteiger partial charge is 0.361 e. The minimum Gasteiger partial charge on any atom is -0.361 e. The van der Waals surface area contributed by atoms with E-state index in [0.717, 1.165) is 41.4 Å². The molecule has 0 spiro atoms. The van der Waals surface area contributed by atoms with E-state index in [1.807, 2.05) is 30.5 Å². The lowest BCUT2D eigenvalue weighted by Gasteiger charge is -2.22. The van der Waals surface area contributed by atoms with Crippen molar-refractivity contribution in [3.8, 4) is 0 Å². The first-order chi connectivity index (χ1) is 14.4.